The van der Waals surface area contributed by atoms with Crippen molar-refractivity contribution in [1.82, 2.24) is 15.5 Å². The minimum atomic E-state index is -0.650. The number of amides is 3. The molecule has 3 aliphatic heterocycles. The fourth-order valence-corrected chi connectivity index (χ4v) is 4.30. The summed E-state index contributed by atoms with van der Waals surface area (Å²) < 4.78 is 12.9. The lowest BCUT2D eigenvalue weighted by atomic mass is 10.0. The van der Waals surface area contributed by atoms with Crippen LogP contribution in [0, 0.1) is 5.92 Å². The number of aliphatic hydroxyl groups is 1. The number of nitrogens with one attached hydrogen (secondary N) is 2. The van der Waals surface area contributed by atoms with Crippen LogP contribution in [0.2, 0.25) is 0 Å². The average molecular weight is 383 g/mol. The van der Waals surface area contributed by atoms with Crippen molar-refractivity contribution in [1.29, 1.82) is 0 Å². The number of imide groups is 1. The molecule has 8 nitrogen and oxygen atoms in total. The number of unbranched alkanes of at least 4 members (excludes halogenated alkanes) is 2. The average Bonchev–Trinajstić information content (AvgIpc) is 3.17. The van der Waals surface area contributed by atoms with Crippen molar-refractivity contribution >= 4 is 11.9 Å². The van der Waals surface area contributed by atoms with Crippen LogP contribution in [0.15, 0.2) is 0 Å². The molecule has 0 aliphatic carbocycles. The molecule has 3 fully saturated rings. The SMILES string of the molecule is CCCCC1(CCCC)OC2[C@@H](CO)N[C@@H](N3CC(C)C(=O)NC3=O)[C@H]2O1. The van der Waals surface area contributed by atoms with Crippen LogP contribution in [0.5, 0.6) is 0 Å². The first-order valence-electron chi connectivity index (χ1n) is 10.3. The van der Waals surface area contributed by atoms with E-state index in [1.165, 1.54) is 0 Å². The van der Waals surface area contributed by atoms with Gasteiger partial charge in [0.05, 0.1) is 18.6 Å². The van der Waals surface area contributed by atoms with E-state index in [-0.39, 0.29) is 36.7 Å². The van der Waals surface area contributed by atoms with Gasteiger partial charge in [0, 0.05) is 19.4 Å². The van der Waals surface area contributed by atoms with Crippen LogP contribution >= 0.6 is 0 Å². The largest absolute Gasteiger partial charge is 0.395 e. The molecule has 3 N–H and O–H groups in total. The second-order valence-electron chi connectivity index (χ2n) is 8.03. The van der Waals surface area contributed by atoms with Crippen molar-refractivity contribution in [3.8, 4) is 0 Å². The Morgan fingerprint density at radius 3 is 2.37 bits per heavy atom. The Bertz CT molecular complexity index is 549. The molecule has 3 rings (SSSR count). The number of nitrogens with zero attached hydrogens (tertiary/aromatic N) is 1. The van der Waals surface area contributed by atoms with E-state index in [0.29, 0.717) is 6.54 Å². The van der Waals surface area contributed by atoms with Gasteiger partial charge in [-0.05, 0) is 12.8 Å². The quantitative estimate of drug-likeness (QED) is 0.585. The molecule has 154 valence electrons. The molecular weight excluding hydrogens is 350 g/mol. The summed E-state index contributed by atoms with van der Waals surface area (Å²) in [6, 6.07) is -0.720. The number of carbonyl (C=O) groups excluding carboxylic acids is 2. The first kappa shape index (κ1) is 20.5. The Hall–Kier alpha value is -1.22. The first-order valence-corrected chi connectivity index (χ1v) is 10.3. The van der Waals surface area contributed by atoms with E-state index in [1.54, 1.807) is 11.8 Å². The normalized spacial score (nSPS) is 35.4. The zero-order valence-electron chi connectivity index (χ0n) is 16.6. The van der Waals surface area contributed by atoms with Gasteiger partial charge in [0.15, 0.2) is 5.79 Å². The van der Waals surface area contributed by atoms with Gasteiger partial charge in [-0.3, -0.25) is 15.4 Å². The summed E-state index contributed by atoms with van der Waals surface area (Å²) in [5.74, 6) is -1.19. The maximum Gasteiger partial charge on any atom is 0.325 e. The lowest BCUT2D eigenvalue weighted by Crippen LogP contribution is -2.62. The molecule has 27 heavy (non-hydrogen) atoms. The molecule has 3 aliphatic rings. The molecule has 0 aromatic rings. The molecule has 0 spiro atoms. The van der Waals surface area contributed by atoms with E-state index in [2.05, 4.69) is 24.5 Å². The van der Waals surface area contributed by atoms with E-state index in [0.717, 1.165) is 38.5 Å². The highest BCUT2D eigenvalue weighted by Crippen LogP contribution is 2.42. The fourth-order valence-electron chi connectivity index (χ4n) is 4.30. The van der Waals surface area contributed by atoms with Crippen molar-refractivity contribution in [3.05, 3.63) is 0 Å². The predicted molar refractivity (Wildman–Crippen MR) is 98.7 cm³/mol. The maximum absolute atomic E-state index is 12.4. The smallest absolute Gasteiger partial charge is 0.325 e. The zero-order valence-corrected chi connectivity index (χ0v) is 16.6. The number of urea groups is 1. The van der Waals surface area contributed by atoms with Crippen LogP contribution in [-0.4, -0.2) is 65.3 Å². The molecule has 8 heteroatoms. The van der Waals surface area contributed by atoms with Gasteiger partial charge in [-0.15, -0.1) is 0 Å². The molecule has 3 heterocycles. The fraction of sp³-hybridized carbons (Fsp3) is 0.895. The van der Waals surface area contributed by atoms with Crippen LogP contribution in [-0.2, 0) is 14.3 Å². The number of ether oxygens (including phenoxy) is 2. The Labute approximate surface area is 160 Å². The number of rotatable bonds is 8. The summed E-state index contributed by atoms with van der Waals surface area (Å²) in [4.78, 5) is 25.8. The number of hydrogen-bond donors (Lipinski definition) is 3. The lowest BCUT2D eigenvalue weighted by molar-refractivity contribution is -0.199. The Morgan fingerprint density at radius 1 is 1.15 bits per heavy atom. The van der Waals surface area contributed by atoms with Gasteiger partial charge in [-0.25, -0.2) is 4.79 Å². The summed E-state index contributed by atoms with van der Waals surface area (Å²) in [7, 11) is 0. The number of aliphatic hydroxyl groups excluding tert-OH is 1. The molecule has 3 amide bonds. The molecule has 3 saturated heterocycles. The summed E-state index contributed by atoms with van der Waals surface area (Å²) in [6.45, 7) is 6.30. The number of carbonyl (C=O) groups is 2. The van der Waals surface area contributed by atoms with E-state index < -0.39 is 18.0 Å². The lowest BCUT2D eigenvalue weighted by Gasteiger charge is -2.38. The third kappa shape index (κ3) is 3.99. The van der Waals surface area contributed by atoms with Crippen molar-refractivity contribution < 1.29 is 24.2 Å². The van der Waals surface area contributed by atoms with Crippen LogP contribution in [0.4, 0.5) is 4.79 Å². The molecule has 0 saturated carbocycles. The highest BCUT2D eigenvalue weighted by molar-refractivity contribution is 5.97. The molecule has 5 atom stereocenters. The van der Waals surface area contributed by atoms with Gasteiger partial charge in [0.1, 0.15) is 18.4 Å². The van der Waals surface area contributed by atoms with Crippen molar-refractivity contribution in [3.63, 3.8) is 0 Å². The van der Waals surface area contributed by atoms with Crippen LogP contribution < -0.4 is 10.6 Å². The maximum atomic E-state index is 12.4. The number of hydrogen-bond acceptors (Lipinski definition) is 6. The minimum absolute atomic E-state index is 0.0946. The summed E-state index contributed by atoms with van der Waals surface area (Å²) >= 11 is 0. The monoisotopic (exact) mass is 383 g/mol. The van der Waals surface area contributed by atoms with Crippen molar-refractivity contribution in [2.45, 2.75) is 89.5 Å². The second-order valence-corrected chi connectivity index (χ2v) is 8.03. The summed E-state index contributed by atoms with van der Waals surface area (Å²) in [5, 5.41) is 15.5. The van der Waals surface area contributed by atoms with Gasteiger partial charge in [0.2, 0.25) is 5.91 Å². The molecule has 0 radical (unpaired) electrons. The van der Waals surface area contributed by atoms with Gasteiger partial charge < -0.3 is 19.5 Å². The topological polar surface area (TPSA) is 100 Å². The molecule has 0 aromatic carbocycles. The van der Waals surface area contributed by atoms with Crippen LogP contribution in [0.1, 0.15) is 59.3 Å². The minimum Gasteiger partial charge on any atom is -0.395 e. The summed E-state index contributed by atoms with van der Waals surface area (Å²) in [6.07, 6.45) is 4.63. The van der Waals surface area contributed by atoms with Gasteiger partial charge >= 0.3 is 6.03 Å². The molecule has 2 unspecified atom stereocenters. The molecule has 0 aromatic heterocycles. The predicted octanol–water partition coefficient (Wildman–Crippen LogP) is 1.33. The van der Waals surface area contributed by atoms with Crippen LogP contribution in [0.25, 0.3) is 0 Å². The standard InChI is InChI=1S/C19H33N3O5/c1-4-6-8-19(9-7-5-2)26-14-13(11-23)20-16(15(14)27-19)22-10-12(3)17(24)21-18(22)25/h12-16,20,23H,4-11H2,1-3H3,(H,21,24,25)/t12?,13-,14?,15+,16+/m1/s1. The zero-order chi connectivity index (χ0) is 19.6. The van der Waals surface area contributed by atoms with Gasteiger partial charge in [-0.1, -0.05) is 33.6 Å². The third-order valence-electron chi connectivity index (χ3n) is 5.88. The molecular formula is C19H33N3O5. The number of fused-ring (bicyclic) bond motifs is 1. The highest BCUT2D eigenvalue weighted by atomic mass is 16.8. The van der Waals surface area contributed by atoms with E-state index in [1.807, 2.05) is 0 Å². The first-order chi connectivity index (χ1) is 12.9. The van der Waals surface area contributed by atoms with E-state index >= 15 is 0 Å². The highest BCUT2D eigenvalue weighted by Gasteiger charge is 2.58. The third-order valence-corrected chi connectivity index (χ3v) is 5.88. The van der Waals surface area contributed by atoms with Crippen molar-refractivity contribution in [2.75, 3.05) is 13.2 Å². The Balaban J connectivity index is 1.80. The van der Waals surface area contributed by atoms with E-state index in [9.17, 15) is 14.7 Å². The van der Waals surface area contributed by atoms with E-state index in [4.69, 9.17) is 9.47 Å². The molecule has 0 bridgehead atoms. The van der Waals surface area contributed by atoms with Crippen LogP contribution in [0.3, 0.4) is 0 Å². The van der Waals surface area contributed by atoms with Gasteiger partial charge in [0.25, 0.3) is 0 Å². The second kappa shape index (κ2) is 8.43. The Kier molecular flexibility index (Phi) is 6.40. The Morgan fingerprint density at radius 2 is 1.78 bits per heavy atom. The summed E-state index contributed by atoms with van der Waals surface area (Å²) in [5.41, 5.74) is 0. The van der Waals surface area contributed by atoms with Crippen molar-refractivity contribution in [2.24, 2.45) is 5.92 Å². The van der Waals surface area contributed by atoms with Gasteiger partial charge in [-0.2, -0.15) is 0 Å².